The van der Waals surface area contributed by atoms with Gasteiger partial charge in [0, 0.05) is 73.6 Å². The topological polar surface area (TPSA) is 61.6 Å². The van der Waals surface area contributed by atoms with Crippen LogP contribution in [0.15, 0.2) is 94.9 Å². The molecule has 4 aromatic rings. The van der Waals surface area contributed by atoms with Gasteiger partial charge in [-0.1, -0.05) is 117 Å². The molecular weight excluding hydrogens is 1370 g/mol. The zero-order valence-corrected chi connectivity index (χ0v) is 58.0. The van der Waals surface area contributed by atoms with Crippen LogP contribution in [0.1, 0.15) is 240 Å². The molecule has 2 aliphatic heterocycles. The second kappa shape index (κ2) is 35.2. The van der Waals surface area contributed by atoms with Gasteiger partial charge in [0.1, 0.15) is 43.3 Å². The summed E-state index contributed by atoms with van der Waals surface area (Å²) < 4.78 is 306. The first-order valence-electron chi connectivity index (χ1n) is 34.7. The van der Waals surface area contributed by atoms with E-state index in [2.05, 4.69) is 0 Å². The number of rotatable bonds is 40. The molecule has 0 aromatic heterocycles. The van der Waals surface area contributed by atoms with Crippen molar-refractivity contribution in [3.63, 3.8) is 0 Å². The Morgan fingerprint density at radius 1 is 0.317 bits per heavy atom. The number of alkyl halides is 20. The van der Waals surface area contributed by atoms with Gasteiger partial charge in [-0.3, -0.25) is 0 Å². The van der Waals surface area contributed by atoms with E-state index in [1.54, 1.807) is 48.5 Å². The SMILES string of the molecule is CC(C)(C)[C@H]1COC(C(Cc2ccc(OCc3cc(C(F)(F)CCCCCCC(F)(F)F)cc(C(F)(F)CCCCCCC(F)(F)F)c3)cc2)(Cc2ccc(OCc3cc(C(F)(F)CCCCCCC(F)(F)F)cc(C(F)(F)CCCCCCC(F)(F)F)c3)cc2)C2=N[C@@H](C(C)(C)C)CO2)=N1. The molecule has 0 aliphatic carbocycles. The summed E-state index contributed by atoms with van der Waals surface area (Å²) in [6, 6.07) is 18.0. The van der Waals surface area contributed by atoms with Gasteiger partial charge >= 0.3 is 24.7 Å². The number of benzene rings is 4. The summed E-state index contributed by atoms with van der Waals surface area (Å²) >= 11 is 0. The number of hydrogen-bond donors (Lipinski definition) is 0. The summed E-state index contributed by atoms with van der Waals surface area (Å²) in [4.78, 5) is 10.4. The lowest BCUT2D eigenvalue weighted by Crippen LogP contribution is -2.44. The minimum atomic E-state index is -4.41. The van der Waals surface area contributed by atoms with Crippen molar-refractivity contribution in [2.24, 2.45) is 26.2 Å². The number of nitrogens with zero attached hydrogens (tertiary/aromatic N) is 2. The molecule has 101 heavy (non-hydrogen) atoms. The number of unbranched alkanes of at least 4 members (excludes halogenated alkanes) is 12. The summed E-state index contributed by atoms with van der Waals surface area (Å²) in [5.74, 6) is -13.8. The Labute approximate surface area is 579 Å². The second-order valence-electron chi connectivity index (χ2n) is 29.3. The summed E-state index contributed by atoms with van der Waals surface area (Å²) in [5.41, 5.74) is -3.92. The van der Waals surface area contributed by atoms with Crippen LogP contribution in [-0.2, 0) is 59.2 Å². The maximum Gasteiger partial charge on any atom is 0.389 e. The van der Waals surface area contributed by atoms with Crippen molar-refractivity contribution in [1.82, 2.24) is 0 Å². The zero-order chi connectivity index (χ0) is 74.9. The smallest absolute Gasteiger partial charge is 0.389 e. The van der Waals surface area contributed by atoms with Crippen LogP contribution in [-0.4, -0.2) is 61.8 Å². The molecule has 0 bridgehead atoms. The third-order valence-electron chi connectivity index (χ3n) is 18.3. The van der Waals surface area contributed by atoms with E-state index in [1.807, 2.05) is 41.5 Å². The van der Waals surface area contributed by atoms with Gasteiger partial charge in [0.25, 0.3) is 23.7 Å². The van der Waals surface area contributed by atoms with Crippen molar-refractivity contribution in [1.29, 1.82) is 0 Å². The maximum atomic E-state index is 16.0. The largest absolute Gasteiger partial charge is 0.489 e. The average Bonchev–Trinajstić information content (AvgIpc) is 1.64. The highest BCUT2D eigenvalue weighted by Gasteiger charge is 2.51. The molecule has 4 aromatic carbocycles. The molecule has 2 heterocycles. The zero-order valence-electron chi connectivity index (χ0n) is 58.0. The third-order valence-corrected chi connectivity index (χ3v) is 18.3. The fourth-order valence-electron chi connectivity index (χ4n) is 12.1. The number of aliphatic imine (C=N–C) groups is 2. The highest BCUT2D eigenvalue weighted by Crippen LogP contribution is 2.46. The minimum Gasteiger partial charge on any atom is -0.489 e. The number of ether oxygens (including phenoxy) is 4. The van der Waals surface area contributed by atoms with Gasteiger partial charge in [-0.25, -0.2) is 45.1 Å². The van der Waals surface area contributed by atoms with Gasteiger partial charge in [-0.15, -0.1) is 0 Å². The lowest BCUT2D eigenvalue weighted by Gasteiger charge is -2.33. The Balaban J connectivity index is 1.27. The first kappa shape index (κ1) is 84.0. The van der Waals surface area contributed by atoms with Gasteiger partial charge in [0.2, 0.25) is 0 Å². The summed E-state index contributed by atoms with van der Waals surface area (Å²) in [6.07, 6.45) is -26.8. The molecule has 0 unspecified atom stereocenters. The van der Waals surface area contributed by atoms with Crippen LogP contribution in [0.2, 0.25) is 0 Å². The predicted octanol–water partition coefficient (Wildman–Crippen LogP) is 25.3. The molecule has 568 valence electrons. The molecule has 0 N–H and O–H groups in total. The molecule has 0 spiro atoms. The van der Waals surface area contributed by atoms with E-state index in [0.717, 1.165) is 24.3 Å². The Morgan fingerprint density at radius 2 is 0.554 bits per heavy atom. The van der Waals surface area contributed by atoms with Gasteiger partial charge in [-0.05, 0) is 158 Å². The van der Waals surface area contributed by atoms with Gasteiger partial charge in [-0.2, -0.15) is 52.7 Å². The second-order valence-corrected chi connectivity index (χ2v) is 29.3. The van der Waals surface area contributed by atoms with E-state index in [1.165, 1.54) is 0 Å². The number of halogens is 20. The van der Waals surface area contributed by atoms with Crippen molar-refractivity contribution >= 4 is 11.8 Å². The normalized spacial score (nSPS) is 16.3. The van der Waals surface area contributed by atoms with Gasteiger partial charge in [0.15, 0.2) is 11.8 Å². The first-order chi connectivity index (χ1) is 46.7. The molecule has 0 radical (unpaired) electrons. The van der Waals surface area contributed by atoms with Crippen LogP contribution in [0.4, 0.5) is 87.8 Å². The van der Waals surface area contributed by atoms with Crippen LogP contribution < -0.4 is 9.47 Å². The van der Waals surface area contributed by atoms with Gasteiger partial charge < -0.3 is 18.9 Å². The monoisotopic (exact) mass is 1470 g/mol. The fraction of sp³-hybridized carbons (Fsp3) is 0.653. The maximum absolute atomic E-state index is 16.0. The fourth-order valence-corrected chi connectivity index (χ4v) is 12.1. The Bertz CT molecular complexity index is 2920. The molecule has 26 heteroatoms. The molecule has 0 saturated carbocycles. The van der Waals surface area contributed by atoms with Crippen molar-refractivity contribution in [2.45, 2.75) is 282 Å². The molecule has 0 saturated heterocycles. The van der Waals surface area contributed by atoms with Crippen molar-refractivity contribution in [3.8, 4) is 11.5 Å². The molecule has 0 fully saturated rings. The molecule has 2 atom stereocenters. The first-order valence-corrected chi connectivity index (χ1v) is 34.7. The highest BCUT2D eigenvalue weighted by atomic mass is 19.4. The van der Waals surface area contributed by atoms with Crippen molar-refractivity contribution < 1.29 is 107 Å². The minimum absolute atomic E-state index is 0.0159. The van der Waals surface area contributed by atoms with Crippen molar-refractivity contribution in [3.05, 3.63) is 129 Å². The van der Waals surface area contributed by atoms with Crippen LogP contribution in [0.25, 0.3) is 0 Å². The summed E-state index contributed by atoms with van der Waals surface area (Å²) in [7, 11) is 0. The lowest BCUT2D eigenvalue weighted by molar-refractivity contribution is -0.136. The van der Waals surface area contributed by atoms with E-state index in [4.69, 9.17) is 28.9 Å². The van der Waals surface area contributed by atoms with E-state index in [0.29, 0.717) is 35.1 Å². The lowest BCUT2D eigenvalue weighted by atomic mass is 9.75. The molecular formula is C75H94F20N2O4. The van der Waals surface area contributed by atoms with Gasteiger partial charge in [0.05, 0.1) is 12.1 Å². The third kappa shape index (κ3) is 28.2. The van der Waals surface area contributed by atoms with E-state index < -0.39 is 141 Å². The van der Waals surface area contributed by atoms with Crippen LogP contribution in [0, 0.1) is 16.2 Å². The predicted molar refractivity (Wildman–Crippen MR) is 348 cm³/mol. The van der Waals surface area contributed by atoms with Crippen molar-refractivity contribution in [2.75, 3.05) is 13.2 Å². The standard InChI is InChI=1S/C75H94F20N2O4/c1-65(2,3)61-49-100-63(96-61)67(64-97-62(50-101-64)66(4,5)6,45-51-23-27-59(28-24-51)98-47-53-39-55(68(76,77)31-15-7-11-19-35-72(84,85)86)43-56(40-53)69(78,79)32-16-8-12-20-36-73(87,88)89)46-52-25-29-60(30-26-52)99-48-54-41-57(70(80,81)33-17-9-13-21-37-74(90,91)92)44-58(42-54)71(82,83)34-18-10-14-22-38-75(93,94)95/h23-30,39-44,61-62H,7-22,31-38,45-50H2,1-6H3/t61-,62-/m1/s1. The average molecular weight is 1470 g/mol. The molecule has 0 amide bonds. The Morgan fingerprint density at radius 3 is 0.772 bits per heavy atom. The Kier molecular flexibility index (Phi) is 29.3. The van der Waals surface area contributed by atoms with E-state index in [-0.39, 0.29) is 174 Å². The highest BCUT2D eigenvalue weighted by molar-refractivity contribution is 6.07. The van der Waals surface area contributed by atoms with E-state index >= 15 is 35.1 Å². The van der Waals surface area contributed by atoms with Crippen LogP contribution in [0.5, 0.6) is 11.5 Å². The quantitative estimate of drug-likeness (QED) is 0.0329. The van der Waals surface area contributed by atoms with E-state index in [9.17, 15) is 52.7 Å². The van der Waals surface area contributed by atoms with Crippen LogP contribution in [0.3, 0.4) is 0 Å². The summed E-state index contributed by atoms with van der Waals surface area (Å²) in [5, 5.41) is 0. The Hall–Kier alpha value is -5.98. The molecule has 6 nitrogen and oxygen atoms in total. The molecule has 2 aliphatic rings. The molecule has 6 rings (SSSR count). The van der Waals surface area contributed by atoms with Crippen LogP contribution >= 0.6 is 0 Å². The number of hydrogen-bond acceptors (Lipinski definition) is 6. The summed E-state index contributed by atoms with van der Waals surface area (Å²) in [6.45, 7) is 11.5.